The van der Waals surface area contributed by atoms with E-state index in [9.17, 15) is 13.2 Å². The highest BCUT2D eigenvalue weighted by Crippen LogP contribution is 2.12. The average Bonchev–Trinajstić information content (AvgIpc) is 2.31. The lowest BCUT2D eigenvalue weighted by atomic mass is 10.2. The van der Waals surface area contributed by atoms with E-state index in [2.05, 4.69) is 5.32 Å². The number of benzene rings is 1. The Morgan fingerprint density at radius 1 is 1.29 bits per heavy atom. The highest BCUT2D eigenvalue weighted by Gasteiger charge is 2.08. The van der Waals surface area contributed by atoms with Crippen LogP contribution in [-0.2, 0) is 20.4 Å². The minimum Gasteiger partial charge on any atom is -0.325 e. The van der Waals surface area contributed by atoms with Crippen LogP contribution in [0.5, 0.6) is 0 Å². The highest BCUT2D eigenvalue weighted by molar-refractivity contribution is 7.90. The molecule has 1 N–H and O–H groups in total. The molecule has 0 aliphatic carbocycles. The summed E-state index contributed by atoms with van der Waals surface area (Å²) in [6, 6.07) is 6.67. The fraction of sp³-hybridized carbons (Fsp3) is 0.364. The van der Waals surface area contributed by atoms with Gasteiger partial charge in [-0.05, 0) is 17.7 Å². The first-order valence-electron chi connectivity index (χ1n) is 5.12. The molecule has 0 aliphatic heterocycles. The molecule has 0 saturated heterocycles. The second-order valence-electron chi connectivity index (χ2n) is 3.56. The Balaban J connectivity index is 2.72. The van der Waals surface area contributed by atoms with Gasteiger partial charge in [0.05, 0.1) is 5.75 Å². The lowest BCUT2D eigenvalue weighted by Gasteiger charge is -2.05. The summed E-state index contributed by atoms with van der Waals surface area (Å²) in [6.07, 6.45) is 0. The van der Waals surface area contributed by atoms with Crippen LogP contribution in [0.2, 0.25) is 0 Å². The molecule has 0 heterocycles. The predicted molar refractivity (Wildman–Crippen MR) is 69.0 cm³/mol. The third-order valence-corrected chi connectivity index (χ3v) is 4.08. The number of halogens is 1. The third kappa shape index (κ3) is 4.75. The van der Waals surface area contributed by atoms with Crippen molar-refractivity contribution in [1.82, 2.24) is 0 Å². The van der Waals surface area contributed by atoms with E-state index in [0.717, 1.165) is 0 Å². The number of hydrogen-bond acceptors (Lipinski definition) is 3. The van der Waals surface area contributed by atoms with Crippen LogP contribution in [0.4, 0.5) is 5.69 Å². The van der Waals surface area contributed by atoms with E-state index in [-0.39, 0.29) is 23.3 Å². The Labute approximate surface area is 106 Å². The fourth-order valence-corrected chi connectivity index (χ4v) is 2.21. The van der Waals surface area contributed by atoms with Gasteiger partial charge in [-0.1, -0.05) is 19.1 Å². The van der Waals surface area contributed by atoms with Gasteiger partial charge < -0.3 is 5.32 Å². The molecule has 0 unspecified atom stereocenters. The number of rotatable bonds is 5. The molecule has 1 amide bonds. The quantitative estimate of drug-likeness (QED) is 0.834. The topological polar surface area (TPSA) is 63.2 Å². The molecule has 17 heavy (non-hydrogen) atoms. The molecular formula is C11H14ClNO3S. The minimum absolute atomic E-state index is 0.0211. The SMILES string of the molecule is CCS(=O)(=O)Cc1ccc(NC(=O)CCl)cc1. The van der Waals surface area contributed by atoms with E-state index >= 15 is 0 Å². The Morgan fingerprint density at radius 3 is 2.35 bits per heavy atom. The number of carbonyl (C=O) groups excluding carboxylic acids is 1. The first kappa shape index (κ1) is 14.0. The summed E-state index contributed by atoms with van der Waals surface area (Å²) in [5.41, 5.74) is 1.31. The second kappa shape index (κ2) is 6.02. The molecule has 0 aromatic heterocycles. The number of hydrogen-bond donors (Lipinski definition) is 1. The number of nitrogens with one attached hydrogen (secondary N) is 1. The van der Waals surface area contributed by atoms with Crippen molar-refractivity contribution < 1.29 is 13.2 Å². The molecule has 6 heteroatoms. The van der Waals surface area contributed by atoms with Gasteiger partial charge in [-0.2, -0.15) is 0 Å². The summed E-state index contributed by atoms with van der Waals surface area (Å²) in [4.78, 5) is 11.0. The maximum Gasteiger partial charge on any atom is 0.239 e. The molecule has 0 radical (unpaired) electrons. The van der Waals surface area contributed by atoms with Crippen molar-refractivity contribution in [3.8, 4) is 0 Å². The monoisotopic (exact) mass is 275 g/mol. The molecule has 0 atom stereocenters. The van der Waals surface area contributed by atoms with Crippen molar-refractivity contribution >= 4 is 33.0 Å². The van der Waals surface area contributed by atoms with Gasteiger partial charge in [0.1, 0.15) is 5.88 Å². The van der Waals surface area contributed by atoms with Crippen LogP contribution in [0.25, 0.3) is 0 Å². The molecule has 0 bridgehead atoms. The van der Waals surface area contributed by atoms with Crippen LogP contribution in [0, 0.1) is 0 Å². The zero-order chi connectivity index (χ0) is 12.9. The molecule has 4 nitrogen and oxygen atoms in total. The summed E-state index contributed by atoms with van der Waals surface area (Å²) in [5, 5.41) is 2.58. The first-order chi connectivity index (χ1) is 7.96. The number of sulfone groups is 1. The van der Waals surface area contributed by atoms with Crippen molar-refractivity contribution in [2.75, 3.05) is 16.9 Å². The van der Waals surface area contributed by atoms with Crippen molar-refractivity contribution in [2.24, 2.45) is 0 Å². The Bertz CT molecular complexity index is 482. The van der Waals surface area contributed by atoms with E-state index in [1.807, 2.05) is 0 Å². The minimum atomic E-state index is -3.02. The first-order valence-corrected chi connectivity index (χ1v) is 7.47. The Kier molecular flexibility index (Phi) is 4.96. The van der Waals surface area contributed by atoms with Gasteiger partial charge in [0.15, 0.2) is 9.84 Å². The maximum absolute atomic E-state index is 11.4. The van der Waals surface area contributed by atoms with Gasteiger partial charge in [0.2, 0.25) is 5.91 Å². The lowest BCUT2D eigenvalue weighted by molar-refractivity contribution is -0.113. The molecule has 0 spiro atoms. The van der Waals surface area contributed by atoms with Crippen LogP contribution in [0.1, 0.15) is 12.5 Å². The van der Waals surface area contributed by atoms with E-state index in [4.69, 9.17) is 11.6 Å². The number of alkyl halides is 1. The van der Waals surface area contributed by atoms with E-state index < -0.39 is 9.84 Å². The lowest BCUT2D eigenvalue weighted by Crippen LogP contribution is -2.12. The van der Waals surface area contributed by atoms with Gasteiger partial charge in [-0.25, -0.2) is 8.42 Å². The van der Waals surface area contributed by atoms with Crippen LogP contribution in [0.3, 0.4) is 0 Å². The van der Waals surface area contributed by atoms with Crippen LogP contribution in [0.15, 0.2) is 24.3 Å². The van der Waals surface area contributed by atoms with Gasteiger partial charge in [0, 0.05) is 11.4 Å². The van der Waals surface area contributed by atoms with Crippen molar-refractivity contribution in [3.05, 3.63) is 29.8 Å². The molecule has 0 aliphatic rings. The van der Waals surface area contributed by atoms with Crippen LogP contribution < -0.4 is 5.32 Å². The standard InChI is InChI=1S/C11H14ClNO3S/c1-2-17(15,16)8-9-3-5-10(6-4-9)13-11(14)7-12/h3-6H,2,7-8H2,1H3,(H,13,14). The fourth-order valence-electron chi connectivity index (χ4n) is 1.23. The predicted octanol–water partition coefficient (Wildman–Crippen LogP) is 1.80. The Morgan fingerprint density at radius 2 is 1.88 bits per heavy atom. The summed E-state index contributed by atoms with van der Waals surface area (Å²) in [7, 11) is -3.02. The van der Waals surface area contributed by atoms with Gasteiger partial charge in [-0.15, -0.1) is 11.6 Å². The second-order valence-corrected chi connectivity index (χ2v) is 6.18. The summed E-state index contributed by atoms with van der Waals surface area (Å²) >= 11 is 5.35. The molecule has 0 saturated carbocycles. The number of anilines is 1. The number of amides is 1. The highest BCUT2D eigenvalue weighted by atomic mass is 35.5. The van der Waals surface area contributed by atoms with E-state index in [1.54, 1.807) is 31.2 Å². The van der Waals surface area contributed by atoms with Crippen molar-refractivity contribution in [2.45, 2.75) is 12.7 Å². The third-order valence-electron chi connectivity index (χ3n) is 2.19. The zero-order valence-corrected chi connectivity index (χ0v) is 11.0. The molecule has 1 aromatic rings. The summed E-state index contributed by atoms with van der Waals surface area (Å²) in [6.45, 7) is 1.62. The van der Waals surface area contributed by atoms with Gasteiger partial charge in [-0.3, -0.25) is 4.79 Å². The molecule has 94 valence electrons. The van der Waals surface area contributed by atoms with E-state index in [0.29, 0.717) is 11.3 Å². The van der Waals surface area contributed by atoms with Crippen LogP contribution in [-0.4, -0.2) is 26.0 Å². The van der Waals surface area contributed by atoms with Crippen LogP contribution >= 0.6 is 11.6 Å². The van der Waals surface area contributed by atoms with Crippen molar-refractivity contribution in [3.63, 3.8) is 0 Å². The Hall–Kier alpha value is -1.07. The average molecular weight is 276 g/mol. The molecule has 1 rings (SSSR count). The molecular weight excluding hydrogens is 262 g/mol. The largest absolute Gasteiger partial charge is 0.325 e. The van der Waals surface area contributed by atoms with Gasteiger partial charge in [0.25, 0.3) is 0 Å². The van der Waals surface area contributed by atoms with E-state index in [1.165, 1.54) is 0 Å². The molecule has 0 fully saturated rings. The molecule has 1 aromatic carbocycles. The summed E-state index contributed by atoms with van der Waals surface area (Å²) in [5.74, 6) is -0.252. The summed E-state index contributed by atoms with van der Waals surface area (Å²) < 4.78 is 22.8. The normalized spacial score (nSPS) is 11.2. The smallest absolute Gasteiger partial charge is 0.239 e. The maximum atomic E-state index is 11.4. The van der Waals surface area contributed by atoms with Crippen molar-refractivity contribution in [1.29, 1.82) is 0 Å². The number of carbonyl (C=O) groups is 1. The zero-order valence-electron chi connectivity index (χ0n) is 9.44. The van der Waals surface area contributed by atoms with Gasteiger partial charge >= 0.3 is 0 Å².